The van der Waals surface area contributed by atoms with E-state index in [0.717, 1.165) is 11.3 Å². The normalized spacial score (nSPS) is 14.9. The molecule has 3 rings (SSSR count). The van der Waals surface area contributed by atoms with E-state index in [2.05, 4.69) is 15.7 Å². The van der Waals surface area contributed by atoms with Crippen LogP contribution in [0.1, 0.15) is 5.56 Å². The second-order valence-corrected chi connectivity index (χ2v) is 6.27. The molecule has 0 unspecified atom stereocenters. The van der Waals surface area contributed by atoms with Gasteiger partial charge in [0.1, 0.15) is 0 Å². The number of anilines is 1. The molecule has 8 nitrogen and oxygen atoms in total. The molecular formula is C18H24N6O2. The lowest BCUT2D eigenvalue weighted by Crippen LogP contribution is -2.51. The van der Waals surface area contributed by atoms with Crippen molar-refractivity contribution in [1.82, 2.24) is 24.9 Å². The fourth-order valence-corrected chi connectivity index (χ4v) is 2.87. The molecule has 0 saturated carbocycles. The summed E-state index contributed by atoms with van der Waals surface area (Å²) < 4.78 is 1.85. The summed E-state index contributed by atoms with van der Waals surface area (Å²) in [5.74, 6) is -0.00176. The highest BCUT2D eigenvalue weighted by molar-refractivity contribution is 5.89. The number of rotatable bonds is 5. The van der Waals surface area contributed by atoms with Crippen LogP contribution in [0.3, 0.4) is 0 Å². The van der Waals surface area contributed by atoms with Gasteiger partial charge in [0.25, 0.3) is 0 Å². The van der Waals surface area contributed by atoms with Gasteiger partial charge in [0.15, 0.2) is 0 Å². The smallest absolute Gasteiger partial charge is 0.321 e. The number of carbonyl (C=O) groups excluding carboxylic acids is 2. The van der Waals surface area contributed by atoms with E-state index >= 15 is 0 Å². The molecule has 3 amide bonds. The number of amides is 3. The summed E-state index contributed by atoms with van der Waals surface area (Å²) in [6.45, 7) is 3.70. The quantitative estimate of drug-likeness (QED) is 0.831. The number of hydrogen-bond acceptors (Lipinski definition) is 4. The topological polar surface area (TPSA) is 82.5 Å². The van der Waals surface area contributed by atoms with Gasteiger partial charge in [-0.2, -0.15) is 5.10 Å². The van der Waals surface area contributed by atoms with Gasteiger partial charge in [-0.05, 0) is 23.8 Å². The number of likely N-dealkylation sites (N-methyl/N-ethyl adjacent to an activating group) is 1. The zero-order valence-corrected chi connectivity index (χ0v) is 14.9. The predicted molar refractivity (Wildman–Crippen MR) is 98.9 cm³/mol. The van der Waals surface area contributed by atoms with Gasteiger partial charge < -0.3 is 15.5 Å². The summed E-state index contributed by atoms with van der Waals surface area (Å²) in [5.41, 5.74) is 1.89. The fraction of sp³-hybridized carbons (Fsp3) is 0.389. The summed E-state index contributed by atoms with van der Waals surface area (Å²) in [7, 11) is 1.63. The number of hydrogen-bond donors (Lipinski definition) is 2. The molecule has 1 aromatic carbocycles. The van der Waals surface area contributed by atoms with Gasteiger partial charge in [0.05, 0.1) is 13.1 Å². The lowest BCUT2D eigenvalue weighted by atomic mass is 10.2. The summed E-state index contributed by atoms with van der Waals surface area (Å²) in [6, 6.07) is 9.56. The van der Waals surface area contributed by atoms with E-state index in [4.69, 9.17) is 0 Å². The molecule has 1 saturated heterocycles. The van der Waals surface area contributed by atoms with Crippen LogP contribution in [0.4, 0.5) is 10.5 Å². The third-order valence-electron chi connectivity index (χ3n) is 4.41. The first-order valence-electron chi connectivity index (χ1n) is 8.69. The van der Waals surface area contributed by atoms with E-state index in [-0.39, 0.29) is 11.9 Å². The third-order valence-corrected chi connectivity index (χ3v) is 4.41. The Morgan fingerprint density at radius 3 is 2.46 bits per heavy atom. The van der Waals surface area contributed by atoms with E-state index in [1.165, 1.54) is 0 Å². The number of aromatic nitrogens is 2. The van der Waals surface area contributed by atoms with Crippen molar-refractivity contribution in [2.75, 3.05) is 45.1 Å². The third kappa shape index (κ3) is 4.82. The Bertz CT molecular complexity index is 721. The molecule has 1 fully saturated rings. The van der Waals surface area contributed by atoms with Crippen molar-refractivity contribution in [2.24, 2.45) is 0 Å². The maximum absolute atomic E-state index is 12.4. The van der Waals surface area contributed by atoms with Gasteiger partial charge in [-0.3, -0.25) is 14.4 Å². The molecule has 1 aliphatic rings. The van der Waals surface area contributed by atoms with Crippen LogP contribution in [0.5, 0.6) is 0 Å². The number of nitrogens with zero attached hydrogens (tertiary/aromatic N) is 4. The zero-order valence-electron chi connectivity index (χ0n) is 14.9. The van der Waals surface area contributed by atoms with Crippen molar-refractivity contribution in [1.29, 1.82) is 0 Å². The first-order chi connectivity index (χ1) is 12.6. The molecule has 26 heavy (non-hydrogen) atoms. The summed E-state index contributed by atoms with van der Waals surface area (Å²) in [5, 5.41) is 9.73. The van der Waals surface area contributed by atoms with Crippen LogP contribution in [0.25, 0.3) is 0 Å². The Hall–Kier alpha value is -2.87. The Morgan fingerprint density at radius 2 is 1.85 bits per heavy atom. The molecule has 1 aliphatic heterocycles. The van der Waals surface area contributed by atoms with Crippen molar-refractivity contribution in [2.45, 2.75) is 6.54 Å². The van der Waals surface area contributed by atoms with Crippen molar-refractivity contribution < 1.29 is 9.59 Å². The Balaban J connectivity index is 1.47. The molecule has 8 heteroatoms. The van der Waals surface area contributed by atoms with Gasteiger partial charge in [-0.15, -0.1) is 0 Å². The second-order valence-electron chi connectivity index (χ2n) is 6.27. The minimum Gasteiger partial charge on any atom is -0.358 e. The maximum Gasteiger partial charge on any atom is 0.321 e. The van der Waals surface area contributed by atoms with Gasteiger partial charge >= 0.3 is 6.03 Å². The Labute approximate surface area is 152 Å². The molecule has 0 aliphatic carbocycles. The number of urea groups is 1. The van der Waals surface area contributed by atoms with Crippen molar-refractivity contribution in [3.05, 3.63) is 48.3 Å². The van der Waals surface area contributed by atoms with Crippen LogP contribution in [0.2, 0.25) is 0 Å². The number of piperazine rings is 1. The molecule has 0 spiro atoms. The molecule has 2 aromatic rings. The molecule has 0 atom stereocenters. The highest BCUT2D eigenvalue weighted by atomic mass is 16.2. The first-order valence-corrected chi connectivity index (χ1v) is 8.69. The van der Waals surface area contributed by atoms with E-state index < -0.39 is 0 Å². The maximum atomic E-state index is 12.4. The summed E-state index contributed by atoms with van der Waals surface area (Å²) in [4.78, 5) is 27.6. The SMILES string of the molecule is CNC(=O)CN1CCN(C(=O)Nc2ccc(Cn3cccn3)cc2)CC1. The van der Waals surface area contributed by atoms with Crippen LogP contribution >= 0.6 is 0 Å². The highest BCUT2D eigenvalue weighted by Crippen LogP contribution is 2.12. The molecule has 1 aromatic heterocycles. The van der Waals surface area contributed by atoms with Gasteiger partial charge in [0, 0.05) is 51.3 Å². The Kier molecular flexibility index (Phi) is 5.85. The highest BCUT2D eigenvalue weighted by Gasteiger charge is 2.22. The predicted octanol–water partition coefficient (Wildman–Crippen LogP) is 0.827. The van der Waals surface area contributed by atoms with Crippen LogP contribution in [-0.4, -0.2) is 71.3 Å². The summed E-state index contributed by atoms with van der Waals surface area (Å²) in [6.07, 6.45) is 3.67. The van der Waals surface area contributed by atoms with Gasteiger partial charge in [-0.1, -0.05) is 12.1 Å². The van der Waals surface area contributed by atoms with Crippen LogP contribution in [0.15, 0.2) is 42.7 Å². The van der Waals surface area contributed by atoms with E-state index in [1.54, 1.807) is 18.1 Å². The molecule has 0 bridgehead atoms. The number of carbonyl (C=O) groups is 2. The minimum absolute atomic E-state index is 0.00176. The lowest BCUT2D eigenvalue weighted by Gasteiger charge is -2.34. The average Bonchev–Trinajstić information content (AvgIpc) is 3.17. The molecule has 138 valence electrons. The first kappa shape index (κ1) is 17.9. The van der Waals surface area contributed by atoms with Crippen molar-refractivity contribution in [3.63, 3.8) is 0 Å². The second kappa shape index (κ2) is 8.48. The van der Waals surface area contributed by atoms with Crippen molar-refractivity contribution in [3.8, 4) is 0 Å². The van der Waals surface area contributed by atoms with Gasteiger partial charge in [0.2, 0.25) is 5.91 Å². The minimum atomic E-state index is -0.107. The number of benzene rings is 1. The van der Waals surface area contributed by atoms with Gasteiger partial charge in [-0.25, -0.2) is 4.79 Å². The molecular weight excluding hydrogens is 332 g/mol. The molecule has 2 N–H and O–H groups in total. The number of nitrogens with one attached hydrogen (secondary N) is 2. The standard InChI is InChI=1S/C18H24N6O2/c1-19-17(25)14-22-9-11-23(12-10-22)18(26)21-16-5-3-15(4-6-16)13-24-8-2-7-20-24/h2-8H,9-14H2,1H3,(H,19,25)(H,21,26). The van der Waals surface area contributed by atoms with E-state index in [1.807, 2.05) is 46.1 Å². The average molecular weight is 356 g/mol. The van der Waals surface area contributed by atoms with Crippen LogP contribution in [-0.2, 0) is 11.3 Å². The van der Waals surface area contributed by atoms with E-state index in [9.17, 15) is 9.59 Å². The molecule has 0 radical (unpaired) electrons. The monoisotopic (exact) mass is 356 g/mol. The summed E-state index contributed by atoms with van der Waals surface area (Å²) >= 11 is 0. The van der Waals surface area contributed by atoms with Crippen LogP contribution in [0, 0.1) is 0 Å². The fourth-order valence-electron chi connectivity index (χ4n) is 2.87. The Morgan fingerprint density at radius 1 is 1.12 bits per heavy atom. The largest absolute Gasteiger partial charge is 0.358 e. The lowest BCUT2D eigenvalue weighted by molar-refractivity contribution is -0.122. The van der Waals surface area contributed by atoms with Crippen LogP contribution < -0.4 is 10.6 Å². The zero-order chi connectivity index (χ0) is 18.4. The van der Waals surface area contributed by atoms with E-state index in [0.29, 0.717) is 39.3 Å². The molecule has 2 heterocycles. The van der Waals surface area contributed by atoms with Crippen molar-refractivity contribution >= 4 is 17.6 Å².